The molecule has 446 valence electrons. The fraction of sp³-hybridized carbons (Fsp3) is 0.562. The highest BCUT2D eigenvalue weighted by atomic mass is 28.4. The molecule has 2 fully saturated rings. The summed E-state index contributed by atoms with van der Waals surface area (Å²) in [5, 5.41) is 31.2. The number of aryl methyl sites for hydroxylation is 2. The summed E-state index contributed by atoms with van der Waals surface area (Å²) in [6, 6.07) is 12.5. The van der Waals surface area contributed by atoms with Crippen molar-refractivity contribution in [2.24, 2.45) is 22.7 Å². The van der Waals surface area contributed by atoms with Crippen molar-refractivity contribution in [2.75, 3.05) is 60.7 Å². The summed E-state index contributed by atoms with van der Waals surface area (Å²) in [5.74, 6) is 2.01. The van der Waals surface area contributed by atoms with Crippen molar-refractivity contribution in [2.45, 2.75) is 171 Å². The molecule has 83 heavy (non-hydrogen) atoms. The van der Waals surface area contributed by atoms with Gasteiger partial charge in [-0.3, -0.25) is 9.36 Å². The van der Waals surface area contributed by atoms with Crippen molar-refractivity contribution in [3.05, 3.63) is 95.8 Å². The lowest BCUT2D eigenvalue weighted by Gasteiger charge is -2.36. The van der Waals surface area contributed by atoms with Crippen LogP contribution in [0.1, 0.15) is 136 Å². The SMILES string of the molecule is CC(C)(C)C1CCN(C(=O)Nc2cc(-c3ccnc(Nc4cnn(CCO)c4)n3)cc3c2CCCCC3)C1.CC(C)(C)C1CCN(C(=O)Nc2cc(-c3ccnc(Nc4cnn(CCO[Si](C)(C)C(C)(C)C)c4)n3)cc3c2CCCCC3)C1. The number of nitrogens with zero attached hydrogens (tertiary/aromatic N) is 10. The number of anilines is 6. The van der Waals surface area contributed by atoms with E-state index in [0.29, 0.717) is 43.4 Å². The standard InChI is InChI=1S/C35H53N7O2Si.C29H39N7O2/c1-34(2,3)27-15-17-41(23-27)33(43)40-31-21-26(20-25-12-10-9-11-13-29(25)31)30-14-16-36-32(39-30)38-28-22-37-42(24-28)18-19-44-45(7,8)35(4,5)6;1-29(2,3)22-10-12-35(18-22)28(38)34-26-16-21(15-20-7-5-4-6-8-24(20)26)25-9-11-30-27(33-25)32-23-17-31-36(19-23)13-14-37/h14,16,20-22,24,27H,9-13,15,17-19,23H2,1-8H3,(H,40,43)(H,36,38,39);9,11,15-17,19,22,37H,4-8,10,12-14,18H2,1-3H3,(H,34,38)(H,30,32,33). The molecule has 0 saturated carbocycles. The van der Waals surface area contributed by atoms with Crippen LogP contribution in [0.2, 0.25) is 18.1 Å². The summed E-state index contributed by atoms with van der Waals surface area (Å²) in [5.41, 5.74) is 12.5. The van der Waals surface area contributed by atoms with Crippen LogP contribution >= 0.6 is 0 Å². The summed E-state index contributed by atoms with van der Waals surface area (Å²) in [7, 11) is -1.80. The molecule has 10 rings (SSSR count). The topological polar surface area (TPSA) is 205 Å². The van der Waals surface area contributed by atoms with Gasteiger partial charge < -0.3 is 40.6 Å². The minimum absolute atomic E-state index is 0.00196. The Bertz CT molecular complexity index is 3190. The molecule has 4 aliphatic rings. The first kappa shape index (κ1) is 60.9. The average molecular weight is 1150 g/mol. The van der Waals surface area contributed by atoms with Crippen molar-refractivity contribution < 1.29 is 19.1 Å². The smallest absolute Gasteiger partial charge is 0.321 e. The molecule has 2 aliphatic carbocycles. The Hall–Kier alpha value is -6.70. The first-order chi connectivity index (χ1) is 39.5. The Morgan fingerprint density at radius 3 is 1.49 bits per heavy atom. The first-order valence-electron chi connectivity index (χ1n) is 30.4. The van der Waals surface area contributed by atoms with Gasteiger partial charge in [-0.05, 0) is 164 Å². The lowest BCUT2D eigenvalue weighted by atomic mass is 9.80. The number of rotatable bonds is 14. The Balaban J connectivity index is 0.000000202. The maximum Gasteiger partial charge on any atom is 0.321 e. The monoisotopic (exact) mass is 1150 g/mol. The van der Waals surface area contributed by atoms with Gasteiger partial charge in [-0.1, -0.05) is 75.2 Å². The van der Waals surface area contributed by atoms with E-state index in [1.54, 1.807) is 29.5 Å². The van der Waals surface area contributed by atoms with Gasteiger partial charge in [0.1, 0.15) is 0 Å². The third kappa shape index (κ3) is 15.7. The van der Waals surface area contributed by atoms with Crippen LogP contribution in [0.5, 0.6) is 0 Å². The highest BCUT2D eigenvalue weighted by molar-refractivity contribution is 6.74. The van der Waals surface area contributed by atoms with Crippen LogP contribution in [0.3, 0.4) is 0 Å². The molecule has 0 bridgehead atoms. The van der Waals surface area contributed by atoms with E-state index in [0.717, 1.165) is 136 Å². The van der Waals surface area contributed by atoms with Crippen LogP contribution in [0.25, 0.3) is 22.5 Å². The van der Waals surface area contributed by atoms with Gasteiger partial charge in [-0.2, -0.15) is 10.2 Å². The van der Waals surface area contributed by atoms with Crippen LogP contribution in [-0.2, 0) is 43.2 Å². The zero-order valence-corrected chi connectivity index (χ0v) is 52.4. The summed E-state index contributed by atoms with van der Waals surface area (Å²) in [4.78, 5) is 49.3. The Morgan fingerprint density at radius 2 is 1.07 bits per heavy atom. The number of urea groups is 2. The quantitative estimate of drug-likeness (QED) is 0.0510. The van der Waals surface area contributed by atoms with E-state index < -0.39 is 8.32 Å². The number of carbonyl (C=O) groups excluding carboxylic acids is 2. The molecule has 4 amide bonds. The molecule has 2 atom stereocenters. The third-order valence-corrected chi connectivity index (χ3v) is 22.5. The van der Waals surface area contributed by atoms with Crippen molar-refractivity contribution in [1.29, 1.82) is 0 Å². The normalized spacial score (nSPS) is 17.6. The lowest BCUT2D eigenvalue weighted by molar-refractivity contribution is 0.207. The predicted molar refractivity (Wildman–Crippen MR) is 335 cm³/mol. The molecule has 6 heterocycles. The number of benzene rings is 2. The van der Waals surface area contributed by atoms with Crippen molar-refractivity contribution >= 4 is 55.0 Å². The van der Waals surface area contributed by atoms with Crippen molar-refractivity contribution in [3.8, 4) is 22.5 Å². The van der Waals surface area contributed by atoms with Gasteiger partial charge in [0.15, 0.2) is 8.32 Å². The fourth-order valence-electron chi connectivity index (χ4n) is 11.5. The second kappa shape index (κ2) is 26.1. The molecule has 4 aromatic heterocycles. The van der Waals surface area contributed by atoms with Crippen molar-refractivity contribution in [1.82, 2.24) is 49.3 Å². The highest BCUT2D eigenvalue weighted by Gasteiger charge is 2.38. The number of amides is 4. The number of aliphatic hydroxyl groups excluding tert-OH is 1. The molecule has 0 radical (unpaired) electrons. The van der Waals surface area contributed by atoms with Gasteiger partial charge >= 0.3 is 12.1 Å². The number of hydrogen-bond acceptors (Lipinski definition) is 12. The highest BCUT2D eigenvalue weighted by Crippen LogP contribution is 2.40. The minimum Gasteiger partial charge on any atom is -0.415 e. The minimum atomic E-state index is -1.80. The Morgan fingerprint density at radius 1 is 0.627 bits per heavy atom. The number of nitrogens with one attached hydrogen (secondary N) is 4. The van der Waals surface area contributed by atoms with E-state index in [4.69, 9.17) is 19.5 Å². The number of aromatic nitrogens is 8. The molecule has 2 aromatic carbocycles. The maximum atomic E-state index is 13.5. The summed E-state index contributed by atoms with van der Waals surface area (Å²) >= 11 is 0. The second-order valence-electron chi connectivity index (χ2n) is 27.0. The van der Waals surface area contributed by atoms with Crippen LogP contribution in [0, 0.1) is 22.7 Å². The third-order valence-electron chi connectivity index (χ3n) is 17.9. The zero-order valence-electron chi connectivity index (χ0n) is 51.4. The van der Waals surface area contributed by atoms with Gasteiger partial charge in [0.05, 0.1) is 61.5 Å². The van der Waals surface area contributed by atoms with Crippen LogP contribution in [0.15, 0.2) is 73.6 Å². The number of hydrogen-bond donors (Lipinski definition) is 5. The fourth-order valence-corrected chi connectivity index (χ4v) is 12.6. The molecule has 19 heteroatoms. The van der Waals surface area contributed by atoms with E-state index in [-0.39, 0.29) is 34.5 Å². The Labute approximate surface area is 493 Å². The van der Waals surface area contributed by atoms with Crippen LogP contribution < -0.4 is 21.3 Å². The van der Waals surface area contributed by atoms with E-state index in [2.05, 4.69) is 141 Å². The molecule has 0 spiro atoms. The molecular weight excluding hydrogens is 1060 g/mol. The molecule has 18 nitrogen and oxygen atoms in total. The molecule has 6 aromatic rings. The van der Waals surface area contributed by atoms with E-state index >= 15 is 0 Å². The van der Waals surface area contributed by atoms with Gasteiger partial charge in [0, 0.05) is 73.5 Å². The van der Waals surface area contributed by atoms with Crippen LogP contribution in [0.4, 0.5) is 44.2 Å². The first-order valence-corrected chi connectivity index (χ1v) is 33.3. The van der Waals surface area contributed by atoms with Gasteiger partial charge in [-0.15, -0.1) is 0 Å². The predicted octanol–water partition coefficient (Wildman–Crippen LogP) is 13.5. The molecule has 2 unspecified atom stereocenters. The second-order valence-corrected chi connectivity index (χ2v) is 31.8. The number of carbonyl (C=O) groups is 2. The average Bonchev–Trinajstić information content (AvgIpc) is 4.40. The largest absolute Gasteiger partial charge is 0.415 e. The number of fused-ring (bicyclic) bond motifs is 2. The molecule has 5 N–H and O–H groups in total. The molecule has 2 saturated heterocycles. The van der Waals surface area contributed by atoms with Gasteiger partial charge in [-0.25, -0.2) is 29.5 Å². The maximum absolute atomic E-state index is 13.5. The summed E-state index contributed by atoms with van der Waals surface area (Å²) < 4.78 is 9.88. The van der Waals surface area contributed by atoms with Gasteiger partial charge in [0.2, 0.25) is 11.9 Å². The lowest BCUT2D eigenvalue weighted by Crippen LogP contribution is -2.41. The van der Waals surface area contributed by atoms with Gasteiger partial charge in [0.25, 0.3) is 0 Å². The molecular formula is C64H92N14O4Si. The number of aliphatic hydroxyl groups is 1. The zero-order chi connectivity index (χ0) is 59.1. The Kier molecular flexibility index (Phi) is 19.1. The number of likely N-dealkylation sites (tertiary alicyclic amines) is 2. The van der Waals surface area contributed by atoms with Crippen molar-refractivity contribution in [3.63, 3.8) is 0 Å². The molecule has 2 aliphatic heterocycles. The van der Waals surface area contributed by atoms with E-state index in [1.165, 1.54) is 35.1 Å². The summed E-state index contributed by atoms with van der Waals surface area (Å²) in [6.45, 7) is 29.9. The van der Waals surface area contributed by atoms with E-state index in [9.17, 15) is 9.59 Å². The van der Waals surface area contributed by atoms with E-state index in [1.807, 2.05) is 39.0 Å². The summed E-state index contributed by atoms with van der Waals surface area (Å²) in [6.07, 6.45) is 23.8. The van der Waals surface area contributed by atoms with Crippen LogP contribution in [-0.4, -0.2) is 114 Å².